The molecule has 0 saturated carbocycles. The molecular formula is C13H16INO2. The second kappa shape index (κ2) is 5.16. The van der Waals surface area contributed by atoms with Gasteiger partial charge in [-0.05, 0) is 13.8 Å². The standard InChI is InChI=1S/C13H15NO2.HI/c1-13(2)9-14(8-7-12(15)16)11-6-4-3-5-10(11)13;/h3-6,9H,7-8H2,1-2H3;1H. The molecule has 1 aromatic carbocycles. The quantitative estimate of drug-likeness (QED) is 0.615. The molecule has 3 nitrogen and oxygen atoms in total. The first-order valence-electron chi connectivity index (χ1n) is 5.43. The fourth-order valence-electron chi connectivity index (χ4n) is 2.19. The van der Waals surface area contributed by atoms with Crippen LogP contribution in [0.5, 0.6) is 0 Å². The number of para-hydroxylation sites is 1. The molecule has 0 spiro atoms. The topological polar surface area (TPSA) is 43.1 Å². The van der Waals surface area contributed by atoms with Crippen LogP contribution in [-0.4, -0.2) is 23.3 Å². The van der Waals surface area contributed by atoms with Gasteiger partial charge in [-0.25, -0.2) is 4.58 Å². The van der Waals surface area contributed by atoms with E-state index in [1.165, 1.54) is 5.56 Å². The normalized spacial score (nSPS) is 15.8. The molecule has 1 aliphatic heterocycles. The lowest BCUT2D eigenvalue weighted by atomic mass is 9.87. The number of carboxylic acids is 1. The number of rotatable bonds is 3. The highest BCUT2D eigenvalue weighted by atomic mass is 127. The first-order chi connectivity index (χ1) is 7.50. The Balaban J connectivity index is 0.00000144. The van der Waals surface area contributed by atoms with E-state index < -0.39 is 5.97 Å². The van der Waals surface area contributed by atoms with Crippen molar-refractivity contribution in [2.24, 2.45) is 0 Å². The van der Waals surface area contributed by atoms with Crippen molar-refractivity contribution in [3.8, 4) is 0 Å². The number of hydrogen-bond donors (Lipinski definition) is 0. The van der Waals surface area contributed by atoms with Gasteiger partial charge >= 0.3 is 0 Å². The molecule has 0 fully saturated rings. The van der Waals surface area contributed by atoms with Crippen LogP contribution in [0.4, 0.5) is 5.69 Å². The van der Waals surface area contributed by atoms with Crippen molar-refractivity contribution < 1.29 is 14.5 Å². The number of fused-ring (bicyclic) bond motifs is 1. The van der Waals surface area contributed by atoms with Gasteiger partial charge in [0.05, 0.1) is 5.41 Å². The SMILES string of the molecule is CC1(C)C=[N+](CCC(=O)[O-])c2ccccc21.I. The number of hydrogen-bond acceptors (Lipinski definition) is 2. The van der Waals surface area contributed by atoms with Crippen LogP contribution in [0.15, 0.2) is 24.3 Å². The summed E-state index contributed by atoms with van der Waals surface area (Å²) < 4.78 is 2.01. The lowest BCUT2D eigenvalue weighted by Crippen LogP contribution is -2.25. The first-order valence-corrected chi connectivity index (χ1v) is 5.43. The van der Waals surface area contributed by atoms with Crippen molar-refractivity contribution in [1.82, 2.24) is 0 Å². The third kappa shape index (κ3) is 2.86. The number of halogens is 1. The molecule has 0 amide bonds. The summed E-state index contributed by atoms with van der Waals surface area (Å²) in [7, 11) is 0. The number of carboxylic acid groups (broad SMARTS) is 1. The highest BCUT2D eigenvalue weighted by Crippen LogP contribution is 2.35. The Hall–Kier alpha value is -0.910. The van der Waals surface area contributed by atoms with Crippen LogP contribution in [0.25, 0.3) is 0 Å². The van der Waals surface area contributed by atoms with E-state index in [1.807, 2.05) is 22.8 Å². The van der Waals surface area contributed by atoms with Crippen LogP contribution in [-0.2, 0) is 10.2 Å². The number of nitrogens with zero attached hydrogens (tertiary/aromatic N) is 1. The summed E-state index contributed by atoms with van der Waals surface area (Å²) >= 11 is 0. The summed E-state index contributed by atoms with van der Waals surface area (Å²) in [5.41, 5.74) is 2.32. The van der Waals surface area contributed by atoms with Crippen molar-refractivity contribution in [2.75, 3.05) is 6.54 Å². The van der Waals surface area contributed by atoms with Crippen molar-refractivity contribution in [1.29, 1.82) is 0 Å². The van der Waals surface area contributed by atoms with Gasteiger partial charge < -0.3 is 9.90 Å². The van der Waals surface area contributed by atoms with Gasteiger partial charge in [0, 0.05) is 24.0 Å². The van der Waals surface area contributed by atoms with Crippen molar-refractivity contribution in [3.05, 3.63) is 29.8 Å². The Labute approximate surface area is 118 Å². The first kappa shape index (κ1) is 14.2. The third-order valence-corrected chi connectivity index (χ3v) is 2.94. The summed E-state index contributed by atoms with van der Waals surface area (Å²) in [5.74, 6) is -1.00. The summed E-state index contributed by atoms with van der Waals surface area (Å²) in [5, 5.41) is 10.5. The van der Waals surface area contributed by atoms with Crippen LogP contribution in [0.2, 0.25) is 0 Å². The van der Waals surface area contributed by atoms with Crippen LogP contribution < -0.4 is 5.11 Å². The summed E-state index contributed by atoms with van der Waals surface area (Å²) in [4.78, 5) is 10.5. The average Bonchev–Trinajstić information content (AvgIpc) is 2.49. The third-order valence-electron chi connectivity index (χ3n) is 2.94. The summed E-state index contributed by atoms with van der Waals surface area (Å²) in [6, 6.07) is 8.09. The van der Waals surface area contributed by atoms with E-state index >= 15 is 0 Å². The smallest absolute Gasteiger partial charge is 0.209 e. The fraction of sp³-hybridized carbons (Fsp3) is 0.385. The summed E-state index contributed by atoms with van der Waals surface area (Å²) in [6.07, 6.45) is 2.14. The van der Waals surface area contributed by atoms with Gasteiger partial charge in [-0.2, -0.15) is 0 Å². The maximum atomic E-state index is 10.5. The zero-order valence-corrected chi connectivity index (χ0v) is 12.3. The Morgan fingerprint density at radius 2 is 2.00 bits per heavy atom. The molecule has 0 unspecified atom stereocenters. The molecule has 0 aliphatic carbocycles. The zero-order valence-electron chi connectivity index (χ0n) is 9.97. The Kier molecular flexibility index (Phi) is 4.30. The largest absolute Gasteiger partial charge is 0.550 e. The van der Waals surface area contributed by atoms with Crippen LogP contribution in [0.3, 0.4) is 0 Å². The number of aliphatic carboxylic acids is 1. The van der Waals surface area contributed by atoms with Crippen LogP contribution in [0, 0.1) is 0 Å². The maximum absolute atomic E-state index is 10.5. The van der Waals surface area contributed by atoms with Gasteiger partial charge in [0.15, 0.2) is 12.8 Å². The predicted molar refractivity (Wildman–Crippen MR) is 75.4 cm³/mol. The minimum absolute atomic E-state index is 0. The van der Waals surface area contributed by atoms with E-state index in [-0.39, 0.29) is 35.8 Å². The predicted octanol–water partition coefficient (Wildman–Crippen LogP) is 1.45. The van der Waals surface area contributed by atoms with E-state index in [2.05, 4.69) is 26.1 Å². The molecule has 0 aromatic heterocycles. The molecule has 0 bridgehead atoms. The summed E-state index contributed by atoms with van der Waals surface area (Å²) in [6.45, 7) is 4.73. The molecule has 0 N–H and O–H groups in total. The molecule has 1 aliphatic rings. The molecular weight excluding hydrogens is 329 g/mol. The minimum atomic E-state index is -1.00. The minimum Gasteiger partial charge on any atom is -0.550 e. The molecule has 17 heavy (non-hydrogen) atoms. The molecule has 4 heteroatoms. The second-order valence-electron chi connectivity index (χ2n) is 4.68. The van der Waals surface area contributed by atoms with Gasteiger partial charge in [-0.3, -0.25) is 0 Å². The van der Waals surface area contributed by atoms with Gasteiger partial charge in [0.25, 0.3) is 0 Å². The highest BCUT2D eigenvalue weighted by molar-refractivity contribution is 14.0. The van der Waals surface area contributed by atoms with E-state index in [1.54, 1.807) is 0 Å². The zero-order chi connectivity index (χ0) is 11.8. The second-order valence-corrected chi connectivity index (χ2v) is 4.68. The van der Waals surface area contributed by atoms with E-state index in [0.29, 0.717) is 6.54 Å². The molecule has 0 saturated heterocycles. The molecule has 92 valence electrons. The van der Waals surface area contributed by atoms with Crippen LogP contribution >= 0.6 is 24.0 Å². The lowest BCUT2D eigenvalue weighted by molar-refractivity contribution is -0.435. The maximum Gasteiger partial charge on any atom is 0.209 e. The average molecular weight is 345 g/mol. The monoisotopic (exact) mass is 345 g/mol. The molecule has 0 atom stereocenters. The van der Waals surface area contributed by atoms with Crippen LogP contribution in [0.1, 0.15) is 25.8 Å². The number of carbonyl (C=O) groups is 1. The van der Waals surface area contributed by atoms with Crippen molar-refractivity contribution in [3.63, 3.8) is 0 Å². The Bertz CT molecular complexity index is 466. The van der Waals surface area contributed by atoms with Gasteiger partial charge in [0.1, 0.15) is 0 Å². The van der Waals surface area contributed by atoms with Crippen molar-refractivity contribution in [2.45, 2.75) is 25.7 Å². The molecule has 2 rings (SSSR count). The fourth-order valence-corrected chi connectivity index (χ4v) is 2.19. The van der Waals surface area contributed by atoms with Gasteiger partial charge in [-0.15, -0.1) is 24.0 Å². The lowest BCUT2D eigenvalue weighted by Gasteiger charge is -2.09. The Morgan fingerprint density at radius 1 is 1.35 bits per heavy atom. The van der Waals surface area contributed by atoms with E-state index in [4.69, 9.17) is 0 Å². The van der Waals surface area contributed by atoms with E-state index in [9.17, 15) is 9.90 Å². The Morgan fingerprint density at radius 3 is 2.65 bits per heavy atom. The number of carbonyl (C=O) groups excluding carboxylic acids is 1. The number of benzene rings is 1. The van der Waals surface area contributed by atoms with E-state index in [0.717, 1.165) is 5.69 Å². The van der Waals surface area contributed by atoms with Gasteiger partial charge in [-0.1, -0.05) is 18.2 Å². The van der Waals surface area contributed by atoms with Gasteiger partial charge in [0.2, 0.25) is 5.69 Å². The molecule has 0 radical (unpaired) electrons. The molecule has 1 aromatic rings. The highest BCUT2D eigenvalue weighted by Gasteiger charge is 2.36. The molecule has 1 heterocycles. The van der Waals surface area contributed by atoms with Crippen molar-refractivity contribution >= 4 is 41.8 Å².